The van der Waals surface area contributed by atoms with Crippen LogP contribution in [-0.4, -0.2) is 17.8 Å². The largest absolute Gasteiger partial charge is 0.315 e. The van der Waals surface area contributed by atoms with E-state index in [1.165, 1.54) is 25.7 Å². The lowest BCUT2D eigenvalue weighted by atomic mass is 9.86. The Kier molecular flexibility index (Phi) is 10.4. The van der Waals surface area contributed by atoms with Crippen molar-refractivity contribution < 1.29 is 9.36 Å². The molecule has 0 aromatic heterocycles. The smallest absolute Gasteiger partial charge is 0.221 e. The van der Waals surface area contributed by atoms with Crippen molar-refractivity contribution in [2.45, 2.75) is 100 Å². The van der Waals surface area contributed by atoms with E-state index in [4.69, 9.17) is 0 Å². The Morgan fingerprint density at radius 1 is 0.966 bits per heavy atom. The zero-order valence-corrected chi connectivity index (χ0v) is 21.3. The summed E-state index contributed by atoms with van der Waals surface area (Å²) in [5.74, 6) is 0.288. The molecule has 0 aliphatic heterocycles. The molecule has 1 aromatic rings. The number of unbranched alkanes of at least 4 members (excludes halogenated alkanes) is 5. The third-order valence-corrected chi connectivity index (χ3v) is 8.92. The van der Waals surface area contributed by atoms with Gasteiger partial charge < -0.3 is 4.57 Å². The van der Waals surface area contributed by atoms with Crippen molar-refractivity contribution in [1.82, 2.24) is 0 Å². The lowest BCUT2D eigenvalue weighted by Gasteiger charge is -2.27. The highest BCUT2D eigenvalue weighted by Crippen LogP contribution is 2.53. The summed E-state index contributed by atoms with van der Waals surface area (Å²) in [7, 11) is -2.94. The number of hydrogen-bond acceptors (Lipinski definition) is 2. The zero-order chi connectivity index (χ0) is 22.2. The Hall–Kier alpha value is -0.880. The molecule has 166 valence electrons. The number of rotatable bonds is 12. The lowest BCUT2D eigenvalue weighted by Crippen LogP contribution is -2.19. The van der Waals surface area contributed by atoms with Gasteiger partial charge in [-0.3, -0.25) is 4.79 Å². The van der Waals surface area contributed by atoms with Gasteiger partial charge in [0.1, 0.15) is 0 Å². The molecule has 0 saturated heterocycles. The van der Waals surface area contributed by atoms with Crippen molar-refractivity contribution in [1.29, 1.82) is 0 Å². The van der Waals surface area contributed by atoms with Gasteiger partial charge in [0.2, 0.25) is 5.52 Å². The molecular formula is C26H45O2P. The van der Waals surface area contributed by atoms with E-state index in [2.05, 4.69) is 41.5 Å². The Morgan fingerprint density at radius 2 is 1.48 bits per heavy atom. The monoisotopic (exact) mass is 420 g/mol. The first kappa shape index (κ1) is 26.2. The molecule has 3 heteroatoms. The number of benzene rings is 1. The Labute approximate surface area is 180 Å². The maximum Gasteiger partial charge on any atom is 0.221 e. The van der Waals surface area contributed by atoms with Crippen LogP contribution in [0, 0.1) is 32.1 Å². The second kappa shape index (κ2) is 11.5. The molecule has 0 N–H and O–H groups in total. The summed E-state index contributed by atoms with van der Waals surface area (Å²) in [5.41, 5.74) is 3.93. The predicted molar refractivity (Wildman–Crippen MR) is 129 cm³/mol. The lowest BCUT2D eigenvalue weighted by molar-refractivity contribution is 0.107. The standard InChI is InChI=1S/C26H45O2P/c1-9-10-11-12-13-14-15-29(28,19-21(3)18-26(6,7)8)25(27)24-22(4)16-20(2)17-23(24)5/h16-17,21H,9-15,18-19H2,1-8H3. The third-order valence-electron chi connectivity index (χ3n) is 5.70. The van der Waals surface area contributed by atoms with Crippen LogP contribution < -0.4 is 0 Å². The van der Waals surface area contributed by atoms with E-state index < -0.39 is 7.14 Å². The molecule has 2 unspecified atom stereocenters. The molecule has 2 nitrogen and oxygen atoms in total. The highest BCUT2D eigenvalue weighted by atomic mass is 31.2. The summed E-state index contributed by atoms with van der Waals surface area (Å²) in [6, 6.07) is 4.10. The van der Waals surface area contributed by atoms with Crippen molar-refractivity contribution in [3.63, 3.8) is 0 Å². The second-order valence-corrected chi connectivity index (χ2v) is 13.5. The van der Waals surface area contributed by atoms with E-state index in [0.29, 0.717) is 17.9 Å². The fourth-order valence-electron chi connectivity index (χ4n) is 4.76. The Bertz CT molecular complexity index is 689. The molecule has 0 aliphatic rings. The molecule has 0 amide bonds. The van der Waals surface area contributed by atoms with Gasteiger partial charge in [0.25, 0.3) is 0 Å². The molecule has 0 spiro atoms. The fourth-order valence-corrected chi connectivity index (χ4v) is 7.94. The number of aryl methyl sites for hydroxylation is 3. The molecule has 2 atom stereocenters. The van der Waals surface area contributed by atoms with Crippen LogP contribution in [0.1, 0.15) is 107 Å². The van der Waals surface area contributed by atoms with Crippen molar-refractivity contribution in [2.75, 3.05) is 12.3 Å². The minimum absolute atomic E-state index is 0.0678. The van der Waals surface area contributed by atoms with E-state index >= 15 is 0 Å². The topological polar surface area (TPSA) is 34.1 Å². The van der Waals surface area contributed by atoms with Crippen LogP contribution in [-0.2, 0) is 4.57 Å². The van der Waals surface area contributed by atoms with E-state index in [9.17, 15) is 9.36 Å². The van der Waals surface area contributed by atoms with Gasteiger partial charge in [0, 0.05) is 17.9 Å². The van der Waals surface area contributed by atoms with Crippen LogP contribution >= 0.6 is 7.14 Å². The average molecular weight is 421 g/mol. The van der Waals surface area contributed by atoms with Gasteiger partial charge in [-0.05, 0) is 56.1 Å². The van der Waals surface area contributed by atoms with E-state index in [1.54, 1.807) is 0 Å². The normalized spacial score (nSPS) is 15.2. The summed E-state index contributed by atoms with van der Waals surface area (Å²) >= 11 is 0. The quantitative estimate of drug-likeness (QED) is 0.251. The average Bonchev–Trinajstić information content (AvgIpc) is 2.55. The molecular weight excluding hydrogens is 375 g/mol. The fraction of sp³-hybridized carbons (Fsp3) is 0.731. The number of carbonyl (C=O) groups is 1. The predicted octanol–water partition coefficient (Wildman–Crippen LogP) is 8.55. The first-order valence-corrected chi connectivity index (χ1v) is 13.7. The van der Waals surface area contributed by atoms with Crippen LogP contribution in [0.3, 0.4) is 0 Å². The van der Waals surface area contributed by atoms with Crippen LogP contribution in [0.4, 0.5) is 0 Å². The number of hydrogen-bond donors (Lipinski definition) is 0. The van der Waals surface area contributed by atoms with Crippen molar-refractivity contribution in [3.8, 4) is 0 Å². The van der Waals surface area contributed by atoms with Gasteiger partial charge in [0.15, 0.2) is 7.14 Å². The number of carbonyl (C=O) groups excluding carboxylic acids is 1. The molecule has 0 heterocycles. The summed E-state index contributed by atoms with van der Waals surface area (Å²) in [6.07, 6.45) is 9.01. The van der Waals surface area contributed by atoms with Crippen molar-refractivity contribution >= 4 is 12.7 Å². The van der Waals surface area contributed by atoms with Gasteiger partial charge in [0.05, 0.1) is 0 Å². The molecule has 0 saturated carbocycles. The maximum absolute atomic E-state index is 14.1. The summed E-state index contributed by atoms with van der Waals surface area (Å²) in [5, 5.41) is 0. The molecule has 1 rings (SSSR count). The SMILES string of the molecule is CCCCCCCCP(=O)(CC(C)CC(C)(C)C)C(=O)c1c(C)cc(C)cc1C. The highest BCUT2D eigenvalue weighted by Gasteiger charge is 2.35. The molecule has 29 heavy (non-hydrogen) atoms. The molecule has 0 aliphatic carbocycles. The first-order chi connectivity index (χ1) is 13.4. The molecule has 1 aromatic carbocycles. The van der Waals surface area contributed by atoms with E-state index in [-0.39, 0.29) is 16.9 Å². The third kappa shape index (κ3) is 8.79. The van der Waals surface area contributed by atoms with Crippen LogP contribution in [0.2, 0.25) is 0 Å². The molecule has 0 fully saturated rings. The van der Waals surface area contributed by atoms with Crippen LogP contribution in [0.15, 0.2) is 12.1 Å². The Morgan fingerprint density at radius 3 is 2.00 bits per heavy atom. The van der Waals surface area contributed by atoms with Gasteiger partial charge in [-0.25, -0.2) is 0 Å². The van der Waals surface area contributed by atoms with Gasteiger partial charge in [-0.1, -0.05) is 84.4 Å². The minimum Gasteiger partial charge on any atom is -0.315 e. The molecule has 0 radical (unpaired) electrons. The first-order valence-electron chi connectivity index (χ1n) is 11.6. The minimum atomic E-state index is -2.94. The van der Waals surface area contributed by atoms with Crippen molar-refractivity contribution in [2.24, 2.45) is 11.3 Å². The van der Waals surface area contributed by atoms with E-state index in [0.717, 1.165) is 36.0 Å². The summed E-state index contributed by atoms with van der Waals surface area (Å²) in [4.78, 5) is 13.6. The van der Waals surface area contributed by atoms with E-state index in [1.807, 2.05) is 26.0 Å². The second-order valence-electron chi connectivity index (χ2n) is 10.5. The van der Waals surface area contributed by atoms with Gasteiger partial charge in [-0.15, -0.1) is 0 Å². The van der Waals surface area contributed by atoms with Gasteiger partial charge >= 0.3 is 0 Å². The highest BCUT2D eigenvalue weighted by molar-refractivity contribution is 7.81. The van der Waals surface area contributed by atoms with Crippen LogP contribution in [0.5, 0.6) is 0 Å². The summed E-state index contributed by atoms with van der Waals surface area (Å²) in [6.45, 7) is 17.1. The van der Waals surface area contributed by atoms with Crippen LogP contribution in [0.25, 0.3) is 0 Å². The zero-order valence-electron chi connectivity index (χ0n) is 20.4. The summed E-state index contributed by atoms with van der Waals surface area (Å²) < 4.78 is 14.1. The van der Waals surface area contributed by atoms with Crippen molar-refractivity contribution in [3.05, 3.63) is 34.4 Å². The van der Waals surface area contributed by atoms with Gasteiger partial charge in [-0.2, -0.15) is 0 Å². The Balaban J connectivity index is 3.06. The maximum atomic E-state index is 14.1. The molecule has 0 bridgehead atoms.